The second kappa shape index (κ2) is 4.92. The van der Waals surface area contributed by atoms with E-state index in [2.05, 4.69) is 4.98 Å². The minimum absolute atomic E-state index is 0.257. The molecule has 0 fully saturated rings. The fourth-order valence-corrected chi connectivity index (χ4v) is 2.92. The third-order valence-corrected chi connectivity index (χ3v) is 4.07. The number of fused-ring (bicyclic) bond motifs is 1. The Hall–Kier alpha value is -1.86. The predicted octanol–water partition coefficient (Wildman–Crippen LogP) is 2.08. The lowest BCUT2D eigenvalue weighted by Gasteiger charge is -2.16. The number of hydrogen-bond donors (Lipinski definition) is 1. The lowest BCUT2D eigenvalue weighted by atomic mass is 10.1. The predicted molar refractivity (Wildman–Crippen MR) is 71.7 cm³/mol. The van der Waals surface area contributed by atoms with E-state index in [1.54, 1.807) is 5.38 Å². The van der Waals surface area contributed by atoms with Crippen LogP contribution >= 0.6 is 11.3 Å². The number of aromatic nitrogens is 1. The maximum absolute atomic E-state index is 13.6. The summed E-state index contributed by atoms with van der Waals surface area (Å²) in [6, 6.07) is 2.02. The maximum atomic E-state index is 13.6. The van der Waals surface area contributed by atoms with Crippen LogP contribution in [0.3, 0.4) is 0 Å². The first-order valence-corrected chi connectivity index (χ1v) is 6.92. The topological polar surface area (TPSA) is 59.2 Å². The molecule has 2 N–H and O–H groups in total. The highest BCUT2D eigenvalue weighted by atomic mass is 32.1. The highest BCUT2D eigenvalue weighted by molar-refractivity contribution is 7.09. The maximum Gasteiger partial charge on any atom is 0.277 e. The van der Waals surface area contributed by atoms with Gasteiger partial charge in [0, 0.05) is 30.1 Å². The first-order valence-electron chi connectivity index (χ1n) is 6.04. The molecule has 1 aliphatic rings. The van der Waals surface area contributed by atoms with E-state index in [0.717, 1.165) is 6.07 Å². The van der Waals surface area contributed by atoms with Gasteiger partial charge in [-0.25, -0.2) is 13.8 Å². The zero-order valence-electron chi connectivity index (χ0n) is 10.4. The van der Waals surface area contributed by atoms with E-state index in [1.807, 2.05) is 0 Å². The van der Waals surface area contributed by atoms with Crippen molar-refractivity contribution in [1.29, 1.82) is 0 Å². The van der Waals surface area contributed by atoms with Crippen LogP contribution in [0.25, 0.3) is 0 Å². The average Bonchev–Trinajstić information content (AvgIpc) is 3.04. The zero-order chi connectivity index (χ0) is 14.3. The largest absolute Gasteiger partial charge is 0.325 e. The van der Waals surface area contributed by atoms with Gasteiger partial charge in [0.05, 0.1) is 5.69 Å². The van der Waals surface area contributed by atoms with Gasteiger partial charge >= 0.3 is 0 Å². The molecule has 0 atom stereocenters. The Balaban J connectivity index is 1.96. The van der Waals surface area contributed by atoms with E-state index in [1.165, 1.54) is 22.3 Å². The van der Waals surface area contributed by atoms with Crippen LogP contribution in [-0.4, -0.2) is 17.4 Å². The van der Waals surface area contributed by atoms with Crippen molar-refractivity contribution in [1.82, 2.24) is 4.98 Å². The molecule has 0 radical (unpaired) electrons. The monoisotopic (exact) mass is 295 g/mol. The molecule has 1 aromatic heterocycles. The number of carbonyl (C=O) groups is 1. The van der Waals surface area contributed by atoms with Crippen molar-refractivity contribution < 1.29 is 13.6 Å². The molecule has 0 saturated carbocycles. The minimum atomic E-state index is -0.693. The summed E-state index contributed by atoms with van der Waals surface area (Å²) in [6.07, 6.45) is 0.376. The molecule has 1 amide bonds. The Bertz CT molecular complexity index is 686. The second-order valence-corrected chi connectivity index (χ2v) is 5.37. The van der Waals surface area contributed by atoms with Gasteiger partial charge in [-0.2, -0.15) is 0 Å². The van der Waals surface area contributed by atoms with Crippen LogP contribution < -0.4 is 10.6 Å². The van der Waals surface area contributed by atoms with Crippen molar-refractivity contribution in [3.63, 3.8) is 0 Å². The molecule has 4 nitrogen and oxygen atoms in total. The number of hydrogen-bond acceptors (Lipinski definition) is 4. The van der Waals surface area contributed by atoms with Crippen molar-refractivity contribution in [2.24, 2.45) is 5.73 Å². The molecule has 104 valence electrons. The molecular formula is C13H11F2N3OS. The zero-order valence-corrected chi connectivity index (χ0v) is 11.2. The van der Waals surface area contributed by atoms with Gasteiger partial charge < -0.3 is 10.6 Å². The fraction of sp³-hybridized carbons (Fsp3) is 0.231. The van der Waals surface area contributed by atoms with Gasteiger partial charge in [-0.1, -0.05) is 0 Å². The Morgan fingerprint density at radius 1 is 1.45 bits per heavy atom. The third-order valence-electron chi connectivity index (χ3n) is 3.20. The van der Waals surface area contributed by atoms with Gasteiger partial charge in [-0.05, 0) is 12.5 Å². The van der Waals surface area contributed by atoms with Gasteiger partial charge in [0.2, 0.25) is 0 Å². The molecule has 0 spiro atoms. The SMILES string of the molecule is NCc1nc(C(=O)N2CCc3c(F)cc(F)cc32)cs1. The lowest BCUT2D eigenvalue weighted by molar-refractivity contribution is 0.0985. The highest BCUT2D eigenvalue weighted by Gasteiger charge is 2.29. The quantitative estimate of drug-likeness (QED) is 0.923. The normalized spacial score (nSPS) is 13.7. The van der Waals surface area contributed by atoms with Crippen molar-refractivity contribution in [2.75, 3.05) is 11.4 Å². The molecule has 1 aromatic carbocycles. The summed E-state index contributed by atoms with van der Waals surface area (Å²) < 4.78 is 27.0. The van der Waals surface area contributed by atoms with Crippen LogP contribution in [0.15, 0.2) is 17.5 Å². The molecule has 2 aromatic rings. The lowest BCUT2D eigenvalue weighted by Crippen LogP contribution is -2.29. The Kier molecular flexibility index (Phi) is 3.23. The van der Waals surface area contributed by atoms with E-state index < -0.39 is 11.6 Å². The molecule has 1 aliphatic heterocycles. The molecule has 0 saturated heterocycles. The van der Waals surface area contributed by atoms with Gasteiger partial charge in [-0.3, -0.25) is 4.79 Å². The van der Waals surface area contributed by atoms with Gasteiger partial charge in [0.1, 0.15) is 22.3 Å². The molecule has 7 heteroatoms. The average molecular weight is 295 g/mol. The number of rotatable bonds is 2. The Labute approximate surface area is 117 Å². The number of carbonyl (C=O) groups excluding carboxylic acids is 1. The van der Waals surface area contributed by atoms with Crippen molar-refractivity contribution in [2.45, 2.75) is 13.0 Å². The number of nitrogens with two attached hydrogens (primary N) is 1. The van der Waals surface area contributed by atoms with Crippen molar-refractivity contribution in [3.8, 4) is 0 Å². The number of halogens is 2. The number of nitrogens with zero attached hydrogens (tertiary/aromatic N) is 2. The van der Waals surface area contributed by atoms with E-state index in [9.17, 15) is 13.6 Å². The highest BCUT2D eigenvalue weighted by Crippen LogP contribution is 2.32. The van der Waals surface area contributed by atoms with Crippen LogP contribution in [-0.2, 0) is 13.0 Å². The van der Waals surface area contributed by atoms with E-state index in [4.69, 9.17) is 5.73 Å². The van der Waals surface area contributed by atoms with Crippen LogP contribution in [0.5, 0.6) is 0 Å². The Morgan fingerprint density at radius 3 is 2.95 bits per heavy atom. The summed E-state index contributed by atoms with van der Waals surface area (Å²) >= 11 is 1.29. The summed E-state index contributed by atoms with van der Waals surface area (Å²) in [7, 11) is 0. The van der Waals surface area contributed by atoms with Crippen molar-refractivity contribution >= 4 is 22.9 Å². The number of benzene rings is 1. The van der Waals surface area contributed by atoms with Gasteiger partial charge in [0.15, 0.2) is 0 Å². The smallest absolute Gasteiger partial charge is 0.277 e. The number of anilines is 1. The fourth-order valence-electron chi connectivity index (χ4n) is 2.27. The minimum Gasteiger partial charge on any atom is -0.325 e. The molecule has 20 heavy (non-hydrogen) atoms. The molecular weight excluding hydrogens is 284 g/mol. The molecule has 0 bridgehead atoms. The second-order valence-electron chi connectivity index (χ2n) is 4.42. The Morgan fingerprint density at radius 2 is 2.25 bits per heavy atom. The van der Waals surface area contributed by atoms with E-state index in [0.29, 0.717) is 23.5 Å². The summed E-state index contributed by atoms with van der Waals surface area (Å²) in [5.41, 5.74) is 6.37. The summed E-state index contributed by atoms with van der Waals surface area (Å²) in [6.45, 7) is 0.585. The number of amides is 1. The van der Waals surface area contributed by atoms with Crippen molar-refractivity contribution in [3.05, 3.63) is 45.4 Å². The molecule has 3 rings (SSSR count). The van der Waals surface area contributed by atoms with Gasteiger partial charge in [0.25, 0.3) is 5.91 Å². The van der Waals surface area contributed by atoms with E-state index >= 15 is 0 Å². The standard InChI is InChI=1S/C13H11F2N3OS/c14-7-3-9(15)8-1-2-18(11(8)4-7)13(19)10-6-20-12(5-16)17-10/h3-4,6H,1-2,5,16H2. The van der Waals surface area contributed by atoms with Crippen LogP contribution in [0.1, 0.15) is 21.1 Å². The molecule has 2 heterocycles. The number of thiazole rings is 1. The van der Waals surface area contributed by atoms with Crippen LogP contribution in [0, 0.1) is 11.6 Å². The van der Waals surface area contributed by atoms with Crippen LogP contribution in [0.4, 0.5) is 14.5 Å². The summed E-state index contributed by atoms with van der Waals surface area (Å²) in [4.78, 5) is 17.8. The molecule has 0 aliphatic carbocycles. The molecule has 0 unspecified atom stereocenters. The van der Waals surface area contributed by atoms with E-state index in [-0.39, 0.29) is 23.8 Å². The summed E-state index contributed by atoms with van der Waals surface area (Å²) in [5.74, 6) is -1.66. The first-order chi connectivity index (χ1) is 9.60. The van der Waals surface area contributed by atoms with Crippen LogP contribution in [0.2, 0.25) is 0 Å². The van der Waals surface area contributed by atoms with Gasteiger partial charge in [-0.15, -0.1) is 11.3 Å². The summed E-state index contributed by atoms with van der Waals surface area (Å²) in [5, 5.41) is 2.26. The first kappa shape index (κ1) is 13.1. The third kappa shape index (κ3) is 2.08.